The lowest BCUT2D eigenvalue weighted by Gasteiger charge is -2.09. The Bertz CT molecular complexity index is 856. The Hall–Kier alpha value is -2.23. The van der Waals surface area contributed by atoms with Crippen LogP contribution >= 0.6 is 23.2 Å². The molecular weight excluding hydrogens is 355 g/mol. The van der Waals surface area contributed by atoms with Gasteiger partial charge >= 0.3 is 0 Å². The number of rotatable bonds is 6. The third-order valence-electron chi connectivity index (χ3n) is 3.69. The van der Waals surface area contributed by atoms with Gasteiger partial charge in [-0.25, -0.2) is 4.98 Å². The second-order valence-corrected chi connectivity index (χ2v) is 6.66. The number of ether oxygens (including phenoxy) is 1. The van der Waals surface area contributed by atoms with Crippen molar-refractivity contribution in [3.05, 3.63) is 87.9 Å². The molecule has 0 bridgehead atoms. The molecule has 0 saturated carbocycles. The van der Waals surface area contributed by atoms with Crippen LogP contribution in [0.4, 0.5) is 0 Å². The molecule has 3 rings (SSSR count). The summed E-state index contributed by atoms with van der Waals surface area (Å²) < 4.78 is 7.84. The zero-order valence-electron chi connectivity index (χ0n) is 13.8. The molecule has 0 radical (unpaired) electrons. The van der Waals surface area contributed by atoms with Crippen molar-refractivity contribution in [1.29, 1.82) is 0 Å². The van der Waals surface area contributed by atoms with Crippen molar-refractivity contribution in [1.82, 2.24) is 9.55 Å². The second kappa shape index (κ2) is 8.24. The largest absolute Gasteiger partial charge is 0.489 e. The standard InChI is InChI=1S/C20H18Cl2N2O/c1-15(12-24-9-8-23-14-24)10-16-2-6-19(7-3-16)25-13-17-4-5-18(21)11-20(17)22/h2-11,14H,12-13H2,1H3/b15-10-. The number of nitrogens with zero attached hydrogens (tertiary/aromatic N) is 2. The SMILES string of the molecule is C/C(=C/c1ccc(OCc2ccc(Cl)cc2Cl)cc1)Cn1ccnc1. The van der Waals surface area contributed by atoms with Crippen molar-refractivity contribution in [2.75, 3.05) is 0 Å². The van der Waals surface area contributed by atoms with Crippen LogP contribution in [0, 0.1) is 0 Å². The molecule has 3 aromatic rings. The number of aromatic nitrogens is 2. The first-order chi connectivity index (χ1) is 12.1. The molecule has 0 fully saturated rings. The Morgan fingerprint density at radius 2 is 1.96 bits per heavy atom. The first-order valence-electron chi connectivity index (χ1n) is 7.90. The van der Waals surface area contributed by atoms with E-state index in [0.29, 0.717) is 16.7 Å². The van der Waals surface area contributed by atoms with E-state index in [9.17, 15) is 0 Å². The van der Waals surface area contributed by atoms with Gasteiger partial charge in [-0.3, -0.25) is 0 Å². The first-order valence-corrected chi connectivity index (χ1v) is 8.65. The lowest BCUT2D eigenvalue weighted by atomic mass is 10.1. The van der Waals surface area contributed by atoms with Crippen molar-refractivity contribution in [2.45, 2.75) is 20.1 Å². The fourth-order valence-electron chi connectivity index (χ4n) is 2.46. The maximum absolute atomic E-state index is 6.16. The van der Waals surface area contributed by atoms with E-state index >= 15 is 0 Å². The smallest absolute Gasteiger partial charge is 0.119 e. The maximum atomic E-state index is 6.16. The minimum absolute atomic E-state index is 0.408. The van der Waals surface area contributed by atoms with Crippen molar-refractivity contribution < 1.29 is 4.74 Å². The summed E-state index contributed by atoms with van der Waals surface area (Å²) in [6.07, 6.45) is 7.71. The topological polar surface area (TPSA) is 27.1 Å². The van der Waals surface area contributed by atoms with E-state index in [1.807, 2.05) is 53.5 Å². The van der Waals surface area contributed by atoms with Gasteiger partial charge in [-0.2, -0.15) is 0 Å². The zero-order chi connectivity index (χ0) is 17.6. The molecule has 3 nitrogen and oxygen atoms in total. The summed E-state index contributed by atoms with van der Waals surface area (Å²) >= 11 is 12.1. The molecule has 0 spiro atoms. The molecule has 0 atom stereocenters. The lowest BCUT2D eigenvalue weighted by molar-refractivity contribution is 0.306. The molecule has 0 saturated heterocycles. The Balaban J connectivity index is 1.60. The average Bonchev–Trinajstić information content (AvgIpc) is 3.08. The van der Waals surface area contributed by atoms with E-state index in [4.69, 9.17) is 27.9 Å². The fraction of sp³-hybridized carbons (Fsp3) is 0.150. The van der Waals surface area contributed by atoms with Gasteiger partial charge in [-0.05, 0) is 36.8 Å². The van der Waals surface area contributed by atoms with Gasteiger partial charge in [0.2, 0.25) is 0 Å². The van der Waals surface area contributed by atoms with Crippen LogP contribution in [0.25, 0.3) is 6.08 Å². The van der Waals surface area contributed by atoms with Gasteiger partial charge in [0.15, 0.2) is 0 Å². The Labute approximate surface area is 157 Å². The number of hydrogen-bond donors (Lipinski definition) is 0. The lowest BCUT2D eigenvalue weighted by Crippen LogP contribution is -1.96. The zero-order valence-corrected chi connectivity index (χ0v) is 15.3. The molecular formula is C20H18Cl2N2O. The van der Waals surface area contributed by atoms with Crippen LogP contribution in [-0.4, -0.2) is 9.55 Å². The average molecular weight is 373 g/mol. The number of allylic oxidation sites excluding steroid dienone is 1. The molecule has 2 aromatic carbocycles. The molecule has 0 amide bonds. The van der Waals surface area contributed by atoms with Crippen LogP contribution in [0.2, 0.25) is 10.0 Å². The Morgan fingerprint density at radius 1 is 1.16 bits per heavy atom. The van der Waals surface area contributed by atoms with Gasteiger partial charge in [0.25, 0.3) is 0 Å². The molecule has 1 heterocycles. The molecule has 0 unspecified atom stereocenters. The van der Waals surface area contributed by atoms with E-state index in [1.54, 1.807) is 12.3 Å². The first kappa shape index (κ1) is 17.6. The molecule has 0 aliphatic heterocycles. The predicted molar refractivity (Wildman–Crippen MR) is 103 cm³/mol. The van der Waals surface area contributed by atoms with E-state index < -0.39 is 0 Å². The third-order valence-corrected chi connectivity index (χ3v) is 4.28. The van der Waals surface area contributed by atoms with Crippen LogP contribution in [-0.2, 0) is 13.2 Å². The number of benzene rings is 2. The minimum atomic E-state index is 0.408. The fourth-order valence-corrected chi connectivity index (χ4v) is 2.92. The summed E-state index contributed by atoms with van der Waals surface area (Å²) in [6, 6.07) is 13.4. The summed E-state index contributed by atoms with van der Waals surface area (Å²) in [7, 11) is 0. The highest BCUT2D eigenvalue weighted by Gasteiger charge is 2.03. The van der Waals surface area contributed by atoms with Crippen molar-refractivity contribution in [3.8, 4) is 5.75 Å². The molecule has 0 aliphatic rings. The summed E-state index contributed by atoms with van der Waals surface area (Å²) in [5.41, 5.74) is 3.29. The predicted octanol–water partition coefficient (Wildman–Crippen LogP) is 5.87. The molecule has 0 aliphatic carbocycles. The number of imidazole rings is 1. The summed E-state index contributed by atoms with van der Waals surface area (Å²) in [5, 5.41) is 1.23. The molecule has 128 valence electrons. The normalized spacial score (nSPS) is 11.6. The molecule has 1 aromatic heterocycles. The highest BCUT2D eigenvalue weighted by Crippen LogP contribution is 2.23. The maximum Gasteiger partial charge on any atom is 0.119 e. The highest BCUT2D eigenvalue weighted by molar-refractivity contribution is 6.35. The van der Waals surface area contributed by atoms with Crippen LogP contribution < -0.4 is 4.74 Å². The number of halogens is 2. The third kappa shape index (κ3) is 5.12. The van der Waals surface area contributed by atoms with Crippen molar-refractivity contribution in [3.63, 3.8) is 0 Å². The van der Waals surface area contributed by atoms with E-state index in [1.165, 1.54) is 5.57 Å². The van der Waals surface area contributed by atoms with Gasteiger partial charge in [0, 0.05) is 34.5 Å². The molecule has 0 N–H and O–H groups in total. The van der Waals surface area contributed by atoms with Gasteiger partial charge in [-0.15, -0.1) is 0 Å². The summed E-state index contributed by atoms with van der Waals surface area (Å²) in [6.45, 7) is 3.34. The number of hydrogen-bond acceptors (Lipinski definition) is 2. The van der Waals surface area contributed by atoms with Crippen LogP contribution in [0.3, 0.4) is 0 Å². The van der Waals surface area contributed by atoms with Gasteiger partial charge < -0.3 is 9.30 Å². The Morgan fingerprint density at radius 3 is 2.64 bits per heavy atom. The summed E-state index contributed by atoms with van der Waals surface area (Å²) in [5.74, 6) is 0.801. The van der Waals surface area contributed by atoms with Gasteiger partial charge in [-0.1, -0.05) is 53.1 Å². The van der Waals surface area contributed by atoms with E-state index in [2.05, 4.69) is 18.0 Å². The molecule has 5 heteroatoms. The minimum Gasteiger partial charge on any atom is -0.489 e. The molecule has 25 heavy (non-hydrogen) atoms. The monoisotopic (exact) mass is 372 g/mol. The Kier molecular flexibility index (Phi) is 5.79. The van der Waals surface area contributed by atoms with Crippen molar-refractivity contribution >= 4 is 29.3 Å². The van der Waals surface area contributed by atoms with Crippen LogP contribution in [0.15, 0.2) is 66.8 Å². The quantitative estimate of drug-likeness (QED) is 0.540. The van der Waals surface area contributed by atoms with Gasteiger partial charge in [0.05, 0.1) is 6.33 Å². The second-order valence-electron chi connectivity index (χ2n) is 5.82. The van der Waals surface area contributed by atoms with E-state index in [-0.39, 0.29) is 0 Å². The summed E-state index contributed by atoms with van der Waals surface area (Å²) in [4.78, 5) is 4.05. The highest BCUT2D eigenvalue weighted by atomic mass is 35.5. The van der Waals surface area contributed by atoms with Crippen LogP contribution in [0.1, 0.15) is 18.1 Å². The van der Waals surface area contributed by atoms with Crippen molar-refractivity contribution in [2.24, 2.45) is 0 Å². The van der Waals surface area contributed by atoms with Crippen LogP contribution in [0.5, 0.6) is 5.75 Å². The van der Waals surface area contributed by atoms with E-state index in [0.717, 1.165) is 23.4 Å². The van der Waals surface area contributed by atoms with Gasteiger partial charge in [0.1, 0.15) is 12.4 Å².